The van der Waals surface area contributed by atoms with Gasteiger partial charge in [0.15, 0.2) is 37.4 Å². The fourth-order valence-electron chi connectivity index (χ4n) is 7.06. The third-order valence-corrected chi connectivity index (χ3v) is 11.6. The van der Waals surface area contributed by atoms with Crippen molar-refractivity contribution in [1.82, 2.24) is 10.6 Å². The van der Waals surface area contributed by atoms with Crippen LogP contribution in [-0.4, -0.2) is 252 Å². The predicted octanol–water partition coefficient (Wildman–Crippen LogP) is -9.97. The molecule has 0 aromatic heterocycles. The van der Waals surface area contributed by atoms with Crippen molar-refractivity contribution in [3.8, 4) is 0 Å². The Hall–Kier alpha value is -3.16. The summed E-state index contributed by atoms with van der Waals surface area (Å²) in [5, 5.41) is 88.6. The summed E-state index contributed by atoms with van der Waals surface area (Å²) in [5.41, 5.74) is 0. The van der Waals surface area contributed by atoms with E-state index in [1.165, 1.54) is 0 Å². The minimum Gasteiger partial charge on any atom is -0.479 e. The molecule has 4 saturated heterocycles. The van der Waals surface area contributed by atoms with E-state index in [0.717, 1.165) is 13.8 Å². The predicted molar refractivity (Wildman–Crippen MR) is 200 cm³/mol. The van der Waals surface area contributed by atoms with Crippen LogP contribution in [0.25, 0.3) is 0 Å². The molecule has 4 rings (SSSR count). The topological polar surface area (TPSA) is 573 Å². The second-order valence-electron chi connectivity index (χ2n) is 14.7. The number of aliphatic hydroxyl groups excluding tert-OH is 6. The second-order valence-corrected chi connectivity index (χ2v) is 19.0. The zero-order valence-corrected chi connectivity index (χ0v) is 37.6. The highest BCUT2D eigenvalue weighted by Crippen LogP contribution is 2.37. The molecule has 4 fully saturated rings. The van der Waals surface area contributed by atoms with Crippen LogP contribution >= 0.6 is 0 Å². The van der Waals surface area contributed by atoms with Gasteiger partial charge in [-0.05, 0) is 0 Å². The van der Waals surface area contributed by atoms with E-state index >= 15 is 0 Å². The molecule has 0 saturated carbocycles. The first-order chi connectivity index (χ1) is 31.5. The summed E-state index contributed by atoms with van der Waals surface area (Å²) < 4.78 is 187. The van der Waals surface area contributed by atoms with Gasteiger partial charge in [0.05, 0.1) is 13.2 Å². The summed E-state index contributed by atoms with van der Waals surface area (Å²) in [6.07, 6.45) is -46.0. The number of carbonyl (C=O) groups is 4. The van der Waals surface area contributed by atoms with Gasteiger partial charge in [0, 0.05) is 13.8 Å². The number of carbonyl (C=O) groups excluding carboxylic acids is 2. The summed E-state index contributed by atoms with van der Waals surface area (Å²) >= 11 is 0. The summed E-state index contributed by atoms with van der Waals surface area (Å²) in [6.45, 7) is -1.60. The quantitative estimate of drug-likeness (QED) is 0.0504. The molecular formula is C28H44N2O35S4. The summed E-state index contributed by atoms with van der Waals surface area (Å²) in [5.74, 6) is -6.52. The molecule has 400 valence electrons. The van der Waals surface area contributed by atoms with Crippen LogP contribution in [0.15, 0.2) is 0 Å². The Morgan fingerprint density at radius 3 is 1.28 bits per heavy atom. The van der Waals surface area contributed by atoms with Crippen molar-refractivity contribution >= 4 is 65.3 Å². The van der Waals surface area contributed by atoms with Crippen LogP contribution in [0.3, 0.4) is 0 Å². The lowest BCUT2D eigenvalue weighted by Crippen LogP contribution is -2.71. The molecule has 20 atom stereocenters. The highest BCUT2D eigenvalue weighted by molar-refractivity contribution is 7.81. The molecule has 4 aliphatic heterocycles. The molecule has 0 aromatic rings. The first kappa shape index (κ1) is 58.4. The lowest BCUT2D eigenvalue weighted by molar-refractivity contribution is -0.366. The van der Waals surface area contributed by atoms with Crippen LogP contribution in [0, 0.1) is 0 Å². The Morgan fingerprint density at radius 2 is 0.855 bits per heavy atom. The number of ether oxygens (including phenoxy) is 7. The molecule has 0 radical (unpaired) electrons. The van der Waals surface area contributed by atoms with E-state index in [0.29, 0.717) is 0 Å². The van der Waals surface area contributed by atoms with Gasteiger partial charge in [0.2, 0.25) is 11.8 Å². The van der Waals surface area contributed by atoms with Gasteiger partial charge in [-0.25, -0.2) is 26.3 Å². The number of nitrogens with one attached hydrogen (secondary N) is 2. The average molecular weight is 1100 g/mol. The van der Waals surface area contributed by atoms with Crippen molar-refractivity contribution in [1.29, 1.82) is 0 Å². The maximum atomic E-state index is 12.8. The first-order valence-electron chi connectivity index (χ1n) is 18.7. The molecule has 37 nitrogen and oxygen atoms in total. The zero-order valence-electron chi connectivity index (χ0n) is 34.4. The fraction of sp³-hybridized carbons (Fsp3) is 0.857. The lowest BCUT2D eigenvalue weighted by Gasteiger charge is -2.50. The first-order valence-corrected chi connectivity index (χ1v) is 24.2. The molecule has 69 heavy (non-hydrogen) atoms. The van der Waals surface area contributed by atoms with Crippen molar-refractivity contribution in [2.75, 3.05) is 13.2 Å². The van der Waals surface area contributed by atoms with Gasteiger partial charge in [0.1, 0.15) is 85.3 Å². The maximum Gasteiger partial charge on any atom is 0.397 e. The Morgan fingerprint density at radius 1 is 0.464 bits per heavy atom. The van der Waals surface area contributed by atoms with E-state index in [2.05, 4.69) is 16.7 Å². The Kier molecular flexibility index (Phi) is 19.2. The van der Waals surface area contributed by atoms with Crippen LogP contribution in [0.1, 0.15) is 13.8 Å². The van der Waals surface area contributed by atoms with Crippen molar-refractivity contribution < 1.29 is 162 Å². The molecule has 0 bridgehead atoms. The van der Waals surface area contributed by atoms with Crippen LogP contribution in [0.5, 0.6) is 0 Å². The van der Waals surface area contributed by atoms with Crippen LogP contribution in [0.4, 0.5) is 0 Å². The standard InChI is InChI=1S/C28H44N2O35S4/c1-5(31)29-9-18(16(64-68(49,50)51)7(57-25(9)42)3-55-66(43,44)45)59-28-15(37)13(35)20(22(63-28)24(40)41)61-26-10(30-6(2)32)19(60-27-14(36)11(33)12(34)21(62-27)23(38)39)17(65-69(52,53)54)8(58-26)4-56-67(46,47)48/h7-22,25-28,33-37,42H,3-4H2,1-2H3,(H,29,31)(H,30,32)(H,38,39)(H,40,41)(H,43,44,45)(H,46,47,48)(H,49,50,51)(H,52,53,54)/t7?,8?,9?,10?,11?,12?,13-,14?,15?,16+,17+,18-,19-,20-,21?,22?,25-,26+,27-,28-/m1/s1. The largest absolute Gasteiger partial charge is 0.479 e. The third-order valence-electron chi connectivity index (χ3n) is 9.75. The van der Waals surface area contributed by atoms with Crippen LogP contribution in [0.2, 0.25) is 0 Å². The van der Waals surface area contributed by atoms with E-state index < -0.39 is 201 Å². The molecular weight excluding hydrogens is 1050 g/mol. The van der Waals surface area contributed by atoms with Gasteiger partial charge in [-0.1, -0.05) is 0 Å². The second kappa shape index (κ2) is 22.7. The minimum absolute atomic E-state index is 0.719. The van der Waals surface area contributed by atoms with Crippen molar-refractivity contribution in [2.24, 2.45) is 0 Å². The monoisotopic (exact) mass is 1100 g/mol. The highest BCUT2D eigenvalue weighted by Gasteiger charge is 2.59. The van der Waals surface area contributed by atoms with E-state index in [9.17, 15) is 107 Å². The number of aliphatic hydroxyl groups is 6. The number of aliphatic carboxylic acids is 2. The molecule has 0 aliphatic carbocycles. The maximum absolute atomic E-state index is 12.8. The van der Waals surface area contributed by atoms with Gasteiger partial charge in [0.25, 0.3) is 0 Å². The SMILES string of the molecule is CC(=O)NC1[C@H](O[C@H]2C(C(=O)O)O[C@@H](O[C@@H]3C(NC(C)=O)[C@H](O)OC(COS(=O)(=O)O)[C@@H]3OS(=O)(=O)O)C(O)[C@H]2O)OC(COS(=O)(=O)O)[C@H](OS(=O)(=O)O)[C@@H]1O[C@@H]1OC(C(=O)O)C(O)C(O)C1O. The zero-order chi connectivity index (χ0) is 52.5. The van der Waals surface area contributed by atoms with Crippen molar-refractivity contribution in [3.05, 3.63) is 0 Å². The number of hydrogen-bond acceptors (Lipinski definition) is 29. The van der Waals surface area contributed by atoms with Gasteiger partial charge in [-0.15, -0.1) is 0 Å². The summed E-state index contributed by atoms with van der Waals surface area (Å²) in [7, 11) is -22.5. The van der Waals surface area contributed by atoms with E-state index in [-0.39, 0.29) is 0 Å². The number of carboxylic acid groups (broad SMARTS) is 2. The molecule has 4 heterocycles. The minimum atomic E-state index is -5.83. The van der Waals surface area contributed by atoms with Crippen LogP contribution < -0.4 is 10.6 Å². The van der Waals surface area contributed by atoms with Gasteiger partial charge >= 0.3 is 53.5 Å². The average Bonchev–Trinajstić information content (AvgIpc) is 3.18. The lowest BCUT2D eigenvalue weighted by atomic mass is 9.94. The molecule has 41 heteroatoms. The van der Waals surface area contributed by atoms with E-state index in [1.54, 1.807) is 0 Å². The van der Waals surface area contributed by atoms with Gasteiger partial charge < -0.3 is 84.6 Å². The molecule has 0 spiro atoms. The highest BCUT2D eigenvalue weighted by atomic mass is 32.3. The Labute approximate surface area is 386 Å². The normalized spacial score (nSPS) is 39.2. The number of carboxylic acids is 2. The number of amides is 2. The summed E-state index contributed by atoms with van der Waals surface area (Å²) in [6, 6.07) is -4.50. The van der Waals surface area contributed by atoms with E-state index in [1.807, 2.05) is 10.6 Å². The third kappa shape index (κ3) is 15.9. The molecule has 2 amide bonds. The van der Waals surface area contributed by atoms with Crippen molar-refractivity contribution in [2.45, 2.75) is 137 Å². The molecule has 10 unspecified atom stereocenters. The summed E-state index contributed by atoms with van der Waals surface area (Å²) in [4.78, 5) is 49.4. The number of rotatable bonds is 20. The smallest absolute Gasteiger partial charge is 0.397 e. The fourth-order valence-corrected chi connectivity index (χ4v) is 8.70. The van der Waals surface area contributed by atoms with Gasteiger partial charge in [-0.3, -0.25) is 27.8 Å². The van der Waals surface area contributed by atoms with Crippen LogP contribution in [-0.2, 0) is 111 Å². The van der Waals surface area contributed by atoms with Gasteiger partial charge in [-0.2, -0.15) is 33.7 Å². The van der Waals surface area contributed by atoms with E-state index in [4.69, 9.17) is 37.7 Å². The Bertz CT molecular complexity index is 2300. The molecule has 4 aliphatic rings. The Balaban J connectivity index is 1.81. The molecule has 14 N–H and O–H groups in total. The number of hydrogen-bond donors (Lipinski definition) is 14. The van der Waals surface area contributed by atoms with Crippen molar-refractivity contribution in [3.63, 3.8) is 0 Å². The molecule has 0 aromatic carbocycles.